The Bertz CT molecular complexity index is 5110. The van der Waals surface area contributed by atoms with Crippen LogP contribution < -0.4 is 14.5 Å². The van der Waals surface area contributed by atoms with Gasteiger partial charge in [0, 0.05) is 95.4 Å². The van der Waals surface area contributed by atoms with Gasteiger partial charge in [0.1, 0.15) is 5.82 Å². The molecule has 0 bridgehead atoms. The first-order valence-corrected chi connectivity index (χ1v) is 32.0. The number of fused-ring (bicyclic) bond motifs is 8. The van der Waals surface area contributed by atoms with Crippen LogP contribution in [-0.4, -0.2) is 9.55 Å². The second kappa shape index (κ2) is 23.5. The summed E-state index contributed by atoms with van der Waals surface area (Å²) in [4.78, 5) is 9.10. The summed E-state index contributed by atoms with van der Waals surface area (Å²) in [5.41, 5.74) is 12.9. The van der Waals surface area contributed by atoms with Gasteiger partial charge in [0.2, 0.25) is 0 Å². The van der Waals surface area contributed by atoms with E-state index in [4.69, 9.17) is 15.2 Å². The SMILES string of the molecule is [2H]c1cc(C([2H])([2H])C(C)(C)C)cc(-n2c3[c-]c(Oc4[c-]c(N5[CH-]N(c6c(-c7cc(C(C)(C)C)cc(C(C)(C)C)c7)cc(C(C)(C)C)cc6-c6c([2H])c([2H])c([2H])c([2H])c6[2H])c6ccccc65)cc(-c5c(C(C)C)cccc5C(C)C)c4)ccc3c3c4sc5ccccc5c4ccc32)n1.[Pt]. The molecule has 0 saturated carbocycles. The van der Waals surface area contributed by atoms with Gasteiger partial charge in [-0.2, -0.15) is 6.07 Å². The molecule has 9 aromatic carbocycles. The van der Waals surface area contributed by atoms with Crippen molar-refractivity contribution < 1.29 is 36.8 Å². The van der Waals surface area contributed by atoms with Gasteiger partial charge in [0.05, 0.1) is 8.22 Å². The Balaban J connectivity index is 0.00000914. The fourth-order valence-corrected chi connectivity index (χ4v) is 13.9. The fraction of sp³-hybridized carbons (Fsp3) is 0.277. The third-order valence-corrected chi connectivity index (χ3v) is 18.4. The summed E-state index contributed by atoms with van der Waals surface area (Å²) in [6, 6.07) is 55.6. The van der Waals surface area contributed by atoms with Crippen LogP contribution in [0.3, 0.4) is 0 Å². The van der Waals surface area contributed by atoms with Crippen molar-refractivity contribution >= 4 is 76.1 Å². The molecule has 0 radical (unpaired) electrons. The molecular weight excluding hydrogens is 1300 g/mol. The molecule has 5 nitrogen and oxygen atoms in total. The molecule has 0 unspecified atom stereocenters. The first-order valence-electron chi connectivity index (χ1n) is 35.1. The first kappa shape index (κ1) is 53.0. The second-order valence-electron chi connectivity index (χ2n) is 28.7. The molecule has 0 spiro atoms. The van der Waals surface area contributed by atoms with E-state index in [1.165, 1.54) is 17.2 Å². The van der Waals surface area contributed by atoms with Crippen LogP contribution in [-0.2, 0) is 43.7 Å². The van der Waals surface area contributed by atoms with Crippen LogP contribution in [0.2, 0.25) is 0 Å². The number of pyridine rings is 1. The van der Waals surface area contributed by atoms with Crippen molar-refractivity contribution in [2.45, 2.75) is 145 Å². The van der Waals surface area contributed by atoms with E-state index in [-0.39, 0.29) is 67.6 Å². The minimum Gasteiger partial charge on any atom is -0.509 e. The van der Waals surface area contributed by atoms with E-state index in [1.807, 2.05) is 56.3 Å². The number of para-hydroxylation sites is 2. The maximum atomic E-state index is 9.69. The molecule has 0 aliphatic carbocycles. The van der Waals surface area contributed by atoms with Gasteiger partial charge >= 0.3 is 0 Å². The molecule has 13 rings (SSSR count). The Morgan fingerprint density at radius 3 is 1.83 bits per heavy atom. The van der Waals surface area contributed by atoms with E-state index < -0.39 is 35.3 Å². The smallest absolute Gasteiger partial charge is 0.135 e. The third kappa shape index (κ3) is 11.7. The number of thiophene rings is 1. The summed E-state index contributed by atoms with van der Waals surface area (Å²) in [5.74, 6) is 1.48. The van der Waals surface area contributed by atoms with Crippen molar-refractivity contribution in [1.29, 1.82) is 0 Å². The standard InChI is InChI=1S/C83H83N4OS.Pt/c1-51(2)63-28-24-29-64(52(3)4)76(63)56-42-60(47-62(43-56)88-61-33-34-67-73(48-61)87(75-39-53(37-38-84-75)49-80(5,6)7)72-36-35-66-65-27-20-23-32-74(65)89-79(66)77(67)72)85-50-86(71-31-22-21-30-70(71)85)78-68(54-25-18-17-19-26-54)45-59(83(14,15)16)46-69(78)55-40-57(81(8,9)10)44-58(41-55)82(11,12)13;/h17-46,50-52H,49H2,1-16H3;/q-3;/i17D,18D,19D,25D,26D,38D,49D2;. The summed E-state index contributed by atoms with van der Waals surface area (Å²) >= 11 is 1.72. The number of hydrogen-bond donors (Lipinski definition) is 0. The second-order valence-corrected chi connectivity index (χ2v) is 29.8. The van der Waals surface area contributed by atoms with Gasteiger partial charge in [-0.15, -0.1) is 65.0 Å². The molecule has 460 valence electrons. The Labute approximate surface area is 564 Å². The topological polar surface area (TPSA) is 33.5 Å². The van der Waals surface area contributed by atoms with Gasteiger partial charge in [-0.3, -0.25) is 0 Å². The van der Waals surface area contributed by atoms with Gasteiger partial charge in [-0.1, -0.05) is 219 Å². The Hall–Kier alpha value is -7.76. The zero-order valence-electron chi connectivity index (χ0n) is 62.5. The van der Waals surface area contributed by atoms with Crippen molar-refractivity contribution in [3.8, 4) is 50.7 Å². The predicted octanol–water partition coefficient (Wildman–Crippen LogP) is 24.1. The van der Waals surface area contributed by atoms with Crippen LogP contribution in [0.5, 0.6) is 11.5 Å². The van der Waals surface area contributed by atoms with E-state index >= 15 is 0 Å². The maximum Gasteiger partial charge on any atom is 0.135 e. The molecule has 1 aliphatic rings. The van der Waals surface area contributed by atoms with E-state index in [1.54, 1.807) is 17.4 Å². The number of nitrogens with zero attached hydrogens (tertiary/aromatic N) is 4. The zero-order valence-corrected chi connectivity index (χ0v) is 57.6. The van der Waals surface area contributed by atoms with Crippen molar-refractivity contribution in [3.63, 3.8) is 0 Å². The van der Waals surface area contributed by atoms with Gasteiger partial charge in [-0.25, -0.2) is 4.98 Å². The molecule has 0 amide bonds. The summed E-state index contributed by atoms with van der Waals surface area (Å²) in [6.45, 7) is 36.3. The Morgan fingerprint density at radius 2 is 1.19 bits per heavy atom. The molecule has 0 fully saturated rings. The quantitative estimate of drug-likeness (QED) is 0.121. The average molecular weight is 1390 g/mol. The van der Waals surface area contributed by atoms with Crippen LogP contribution in [0.4, 0.5) is 22.7 Å². The molecule has 12 aromatic rings. The van der Waals surface area contributed by atoms with Gasteiger partial charge < -0.3 is 19.1 Å². The summed E-state index contributed by atoms with van der Waals surface area (Å²) < 4.78 is 85.8. The summed E-state index contributed by atoms with van der Waals surface area (Å²) in [7, 11) is 0. The minimum absolute atomic E-state index is 0. The zero-order chi connectivity index (χ0) is 69.7. The van der Waals surface area contributed by atoms with E-state index in [0.29, 0.717) is 45.3 Å². The fourth-order valence-electron chi connectivity index (χ4n) is 12.6. The van der Waals surface area contributed by atoms with Crippen LogP contribution in [0.1, 0.15) is 167 Å². The number of anilines is 4. The largest absolute Gasteiger partial charge is 0.509 e. The van der Waals surface area contributed by atoms with Crippen LogP contribution in [0.25, 0.3) is 81.2 Å². The van der Waals surface area contributed by atoms with E-state index in [0.717, 1.165) is 86.8 Å². The summed E-state index contributed by atoms with van der Waals surface area (Å²) in [5, 5.41) is 4.16. The predicted molar refractivity (Wildman–Crippen MR) is 381 cm³/mol. The normalized spacial score (nSPS) is 14.6. The number of rotatable bonds is 11. The van der Waals surface area contributed by atoms with Gasteiger partial charge in [-0.05, 0) is 144 Å². The van der Waals surface area contributed by atoms with Crippen molar-refractivity contribution in [3.05, 3.63) is 234 Å². The molecule has 7 heteroatoms. The molecule has 3 aromatic heterocycles. The monoisotopic (exact) mass is 1390 g/mol. The molecular formula is C83H83N4OPtS-3. The molecule has 0 N–H and O–H groups in total. The van der Waals surface area contributed by atoms with Crippen LogP contribution >= 0.6 is 11.3 Å². The average Bonchev–Trinajstić information content (AvgIpc) is 1.49. The number of hydrogen-bond acceptors (Lipinski definition) is 5. The van der Waals surface area contributed by atoms with Crippen LogP contribution in [0.15, 0.2) is 182 Å². The molecule has 0 atom stereocenters. The number of benzene rings is 9. The van der Waals surface area contributed by atoms with Crippen LogP contribution in [0, 0.1) is 24.2 Å². The molecule has 0 saturated heterocycles. The van der Waals surface area contributed by atoms with Gasteiger partial charge in [0.25, 0.3) is 0 Å². The Kier molecular flexibility index (Phi) is 13.8. The molecule has 4 heterocycles. The first-order chi connectivity index (χ1) is 45.5. The van der Waals surface area contributed by atoms with E-state index in [9.17, 15) is 5.48 Å². The number of aromatic nitrogens is 2. The molecule has 1 aliphatic heterocycles. The maximum absolute atomic E-state index is 9.69. The van der Waals surface area contributed by atoms with Crippen molar-refractivity contribution in [2.24, 2.45) is 5.41 Å². The summed E-state index contributed by atoms with van der Waals surface area (Å²) in [6.07, 6.45) is -1.87. The minimum atomic E-state index is -1.82. The third-order valence-electron chi connectivity index (χ3n) is 17.2. The van der Waals surface area contributed by atoms with Crippen molar-refractivity contribution in [1.82, 2.24) is 9.55 Å². The Morgan fingerprint density at radius 1 is 0.578 bits per heavy atom. The van der Waals surface area contributed by atoms with E-state index in [2.05, 4.69) is 221 Å². The van der Waals surface area contributed by atoms with Gasteiger partial charge in [0.15, 0.2) is 0 Å². The number of ether oxygens (including phenoxy) is 1. The van der Waals surface area contributed by atoms with Crippen molar-refractivity contribution in [2.75, 3.05) is 9.80 Å². The molecule has 90 heavy (non-hydrogen) atoms.